The minimum absolute atomic E-state index is 0.0140. The first-order chi connectivity index (χ1) is 15.2. The number of amides is 1. The number of carbonyl (C=O) groups excluding carboxylic acids is 1. The normalized spacial score (nSPS) is 14.2. The molecule has 7 heteroatoms. The maximum absolute atomic E-state index is 13.1. The molecule has 0 bridgehead atoms. The molecule has 0 radical (unpaired) electrons. The number of ether oxygens (including phenoxy) is 1. The predicted molar refractivity (Wildman–Crippen MR) is 122 cm³/mol. The van der Waals surface area contributed by atoms with Gasteiger partial charge in [0.25, 0.3) is 5.91 Å². The summed E-state index contributed by atoms with van der Waals surface area (Å²) in [4.78, 5) is 17.3. The maximum Gasteiger partial charge on any atom is 0.257 e. The van der Waals surface area contributed by atoms with Crippen molar-refractivity contribution in [3.8, 4) is 5.75 Å². The van der Waals surface area contributed by atoms with Gasteiger partial charge in [0.2, 0.25) is 0 Å². The summed E-state index contributed by atoms with van der Waals surface area (Å²) in [5, 5.41) is 1.18. The Bertz CT molecular complexity index is 1210. The third kappa shape index (κ3) is 3.88. The zero-order valence-corrected chi connectivity index (χ0v) is 18.1. The van der Waals surface area contributed by atoms with Gasteiger partial charge in [0.15, 0.2) is 5.76 Å². The lowest BCUT2D eigenvalue weighted by Gasteiger charge is -2.35. The van der Waals surface area contributed by atoms with Gasteiger partial charge < -0.3 is 19.0 Å². The van der Waals surface area contributed by atoms with E-state index in [0.29, 0.717) is 24.4 Å². The fourth-order valence-electron chi connectivity index (χ4n) is 3.90. The molecule has 0 unspecified atom stereocenters. The second-order valence-corrected chi connectivity index (χ2v) is 8.40. The molecule has 0 spiro atoms. The van der Waals surface area contributed by atoms with Crippen molar-refractivity contribution in [1.82, 2.24) is 9.27 Å². The van der Waals surface area contributed by atoms with Gasteiger partial charge in [-0.3, -0.25) is 4.79 Å². The fourth-order valence-corrected chi connectivity index (χ4v) is 4.69. The van der Waals surface area contributed by atoms with Crippen molar-refractivity contribution < 1.29 is 13.9 Å². The number of fused-ring (bicyclic) bond motifs is 1. The molecule has 0 aliphatic carbocycles. The van der Waals surface area contributed by atoms with Crippen molar-refractivity contribution in [2.24, 2.45) is 0 Å². The highest BCUT2D eigenvalue weighted by Crippen LogP contribution is 2.30. The first-order valence-electron chi connectivity index (χ1n) is 10.3. The van der Waals surface area contributed by atoms with Crippen molar-refractivity contribution in [2.75, 3.05) is 31.1 Å². The highest BCUT2D eigenvalue weighted by atomic mass is 32.1. The number of aromatic nitrogens is 1. The van der Waals surface area contributed by atoms with Gasteiger partial charge in [0.05, 0.1) is 16.5 Å². The molecule has 5 rings (SSSR count). The lowest BCUT2D eigenvalue weighted by atomic mass is 10.2. The second-order valence-electron chi connectivity index (χ2n) is 7.59. The highest BCUT2D eigenvalue weighted by molar-refractivity contribution is 7.13. The molecule has 2 aromatic carbocycles. The Hall–Kier alpha value is -3.32. The summed E-state index contributed by atoms with van der Waals surface area (Å²) in [6, 6.07) is 17.8. The molecule has 1 aliphatic heterocycles. The van der Waals surface area contributed by atoms with Crippen LogP contribution in [0.2, 0.25) is 0 Å². The van der Waals surface area contributed by atoms with E-state index in [2.05, 4.69) is 21.4 Å². The molecule has 0 atom stereocenters. The van der Waals surface area contributed by atoms with E-state index in [4.69, 9.17) is 9.15 Å². The molecule has 3 heterocycles. The van der Waals surface area contributed by atoms with Gasteiger partial charge >= 0.3 is 0 Å². The quantitative estimate of drug-likeness (QED) is 0.455. The van der Waals surface area contributed by atoms with Gasteiger partial charge in [-0.1, -0.05) is 30.3 Å². The number of rotatable bonds is 5. The van der Waals surface area contributed by atoms with Crippen molar-refractivity contribution >= 4 is 33.3 Å². The number of carbonyl (C=O) groups is 1. The Labute approximate surface area is 184 Å². The molecule has 158 valence electrons. The second kappa shape index (κ2) is 8.43. The topological polar surface area (TPSA) is 58.8 Å². The van der Waals surface area contributed by atoms with Gasteiger partial charge in [-0.05, 0) is 48.3 Å². The third-order valence-electron chi connectivity index (χ3n) is 5.65. The Balaban J connectivity index is 1.24. The van der Waals surface area contributed by atoms with Crippen LogP contribution in [0.3, 0.4) is 0 Å². The van der Waals surface area contributed by atoms with Crippen molar-refractivity contribution in [2.45, 2.75) is 13.5 Å². The molecule has 1 aliphatic rings. The molecule has 2 aromatic heterocycles. The van der Waals surface area contributed by atoms with Gasteiger partial charge in [0, 0.05) is 31.6 Å². The summed E-state index contributed by atoms with van der Waals surface area (Å²) in [5.41, 5.74) is 1.62. The zero-order valence-electron chi connectivity index (χ0n) is 17.3. The Morgan fingerprint density at radius 2 is 1.84 bits per heavy atom. The monoisotopic (exact) mass is 433 g/mol. The Kier molecular flexibility index (Phi) is 5.34. The third-order valence-corrected chi connectivity index (χ3v) is 6.47. The van der Waals surface area contributed by atoms with E-state index in [1.54, 1.807) is 12.3 Å². The molecule has 31 heavy (non-hydrogen) atoms. The first kappa shape index (κ1) is 19.6. The number of para-hydroxylation sites is 1. The van der Waals surface area contributed by atoms with E-state index in [0.717, 1.165) is 30.2 Å². The molecular weight excluding hydrogens is 410 g/mol. The van der Waals surface area contributed by atoms with Crippen molar-refractivity contribution in [3.05, 3.63) is 77.7 Å². The van der Waals surface area contributed by atoms with Crippen LogP contribution in [0.15, 0.2) is 65.3 Å². The average molecular weight is 434 g/mol. The van der Waals surface area contributed by atoms with Gasteiger partial charge in [-0.25, -0.2) is 0 Å². The molecule has 0 N–H and O–H groups in total. The number of furan rings is 1. The van der Waals surface area contributed by atoms with E-state index in [1.165, 1.54) is 21.6 Å². The fraction of sp³-hybridized carbons (Fsp3) is 0.250. The van der Waals surface area contributed by atoms with E-state index in [-0.39, 0.29) is 12.5 Å². The van der Waals surface area contributed by atoms with Gasteiger partial charge in [0.1, 0.15) is 18.2 Å². The zero-order chi connectivity index (χ0) is 21.2. The van der Waals surface area contributed by atoms with E-state index in [1.807, 2.05) is 48.2 Å². The summed E-state index contributed by atoms with van der Waals surface area (Å²) in [5.74, 6) is 2.35. The molecule has 1 fully saturated rings. The van der Waals surface area contributed by atoms with E-state index >= 15 is 0 Å². The molecular formula is C24H23N3O3S. The Morgan fingerprint density at radius 3 is 2.68 bits per heavy atom. The van der Waals surface area contributed by atoms with Crippen LogP contribution in [-0.4, -0.2) is 41.4 Å². The van der Waals surface area contributed by atoms with Gasteiger partial charge in [-0.15, -0.1) is 0 Å². The lowest BCUT2D eigenvalue weighted by Crippen LogP contribution is -2.49. The molecule has 1 saturated heterocycles. The number of piperazine rings is 1. The van der Waals surface area contributed by atoms with Crippen LogP contribution in [0, 0.1) is 6.92 Å². The highest BCUT2D eigenvalue weighted by Gasteiger charge is 2.27. The smallest absolute Gasteiger partial charge is 0.257 e. The number of hydrogen-bond donors (Lipinski definition) is 0. The van der Waals surface area contributed by atoms with Crippen molar-refractivity contribution in [3.63, 3.8) is 0 Å². The minimum Gasteiger partial charge on any atom is -0.485 e. The summed E-state index contributed by atoms with van der Waals surface area (Å²) in [6.07, 6.45) is 1.56. The molecule has 0 saturated carbocycles. The average Bonchev–Trinajstić information content (AvgIpc) is 3.45. The van der Waals surface area contributed by atoms with Crippen LogP contribution in [0.25, 0.3) is 10.1 Å². The van der Waals surface area contributed by atoms with Crippen LogP contribution < -0.4 is 9.64 Å². The maximum atomic E-state index is 13.1. The molecule has 6 nitrogen and oxygen atoms in total. The molecule has 4 aromatic rings. The minimum atomic E-state index is -0.0140. The summed E-state index contributed by atoms with van der Waals surface area (Å²) in [6.45, 7) is 5.03. The van der Waals surface area contributed by atoms with Crippen molar-refractivity contribution in [1.29, 1.82) is 0 Å². The molecule has 1 amide bonds. The number of hydrogen-bond acceptors (Lipinski definition) is 6. The lowest BCUT2D eigenvalue weighted by molar-refractivity contribution is 0.0742. The number of benzene rings is 2. The number of nitrogens with zero attached hydrogens (tertiary/aromatic N) is 3. The van der Waals surface area contributed by atoms with E-state index < -0.39 is 0 Å². The van der Waals surface area contributed by atoms with Crippen LogP contribution in [0.4, 0.5) is 5.82 Å². The van der Waals surface area contributed by atoms with Gasteiger partial charge in [-0.2, -0.15) is 4.37 Å². The van der Waals surface area contributed by atoms with Crippen LogP contribution in [0.1, 0.15) is 21.7 Å². The predicted octanol–water partition coefficient (Wildman–Crippen LogP) is 4.74. The summed E-state index contributed by atoms with van der Waals surface area (Å²) < 4.78 is 17.3. The summed E-state index contributed by atoms with van der Waals surface area (Å²) >= 11 is 1.52. The van der Waals surface area contributed by atoms with E-state index in [9.17, 15) is 4.79 Å². The first-order valence-corrected chi connectivity index (χ1v) is 11.1. The number of anilines is 1. The number of aryl methyl sites for hydroxylation is 1. The largest absolute Gasteiger partial charge is 0.485 e. The van der Waals surface area contributed by atoms with Crippen LogP contribution in [0.5, 0.6) is 5.75 Å². The van der Waals surface area contributed by atoms with Crippen LogP contribution >= 0.6 is 11.5 Å². The Morgan fingerprint density at radius 1 is 1.06 bits per heavy atom. The standard InChI is InChI=1S/C24H23N3O3S/c1-17-6-2-4-8-20(17)30-16-21-18(10-15-29-21)24(28)27-13-11-26(12-14-27)23-19-7-3-5-9-22(19)31-25-23/h2-10,15H,11-14,16H2,1H3. The van der Waals surface area contributed by atoms with Crippen LogP contribution in [-0.2, 0) is 6.61 Å². The SMILES string of the molecule is Cc1ccccc1OCc1occc1C(=O)N1CCN(c2nsc3ccccc23)CC1. The summed E-state index contributed by atoms with van der Waals surface area (Å²) in [7, 11) is 0.